The second-order valence-corrected chi connectivity index (χ2v) is 4.94. The summed E-state index contributed by atoms with van der Waals surface area (Å²) in [5, 5.41) is 4.99. The standard InChI is InChI=1S/C9H12N2O2S/c10-14(12,13)9-4-2-8(3-5-9)11-6-1-7-11/h2-5H,1,6-7H2,(H2,10,12,13). The van der Waals surface area contributed by atoms with Gasteiger partial charge in [0.2, 0.25) is 10.0 Å². The molecule has 1 aliphatic rings. The number of anilines is 1. The maximum atomic E-state index is 11.0. The topological polar surface area (TPSA) is 63.4 Å². The summed E-state index contributed by atoms with van der Waals surface area (Å²) in [7, 11) is -3.55. The number of rotatable bonds is 2. The maximum absolute atomic E-state index is 11.0. The van der Waals surface area contributed by atoms with Crippen molar-refractivity contribution in [2.45, 2.75) is 11.3 Å². The largest absolute Gasteiger partial charge is 0.371 e. The second kappa shape index (κ2) is 3.25. The molecule has 76 valence electrons. The van der Waals surface area contributed by atoms with E-state index in [4.69, 9.17) is 5.14 Å². The first-order valence-corrected chi connectivity index (χ1v) is 6.00. The third-order valence-electron chi connectivity index (χ3n) is 2.39. The molecule has 5 heteroatoms. The molecule has 0 aliphatic carbocycles. The molecule has 14 heavy (non-hydrogen) atoms. The van der Waals surface area contributed by atoms with E-state index in [9.17, 15) is 8.42 Å². The molecule has 0 amide bonds. The van der Waals surface area contributed by atoms with Crippen molar-refractivity contribution in [1.82, 2.24) is 0 Å². The molecule has 0 atom stereocenters. The summed E-state index contributed by atoms with van der Waals surface area (Å²) < 4.78 is 21.9. The van der Waals surface area contributed by atoms with Crippen molar-refractivity contribution in [1.29, 1.82) is 0 Å². The zero-order valence-corrected chi connectivity index (χ0v) is 8.50. The van der Waals surface area contributed by atoms with Crippen molar-refractivity contribution in [3.8, 4) is 0 Å². The van der Waals surface area contributed by atoms with Gasteiger partial charge in [-0.2, -0.15) is 0 Å². The first-order valence-electron chi connectivity index (χ1n) is 4.45. The molecule has 0 aromatic heterocycles. The van der Waals surface area contributed by atoms with Gasteiger partial charge in [0.25, 0.3) is 0 Å². The highest BCUT2D eigenvalue weighted by atomic mass is 32.2. The molecule has 2 N–H and O–H groups in total. The molecule has 2 rings (SSSR count). The minimum Gasteiger partial charge on any atom is -0.371 e. The molecule has 1 aliphatic heterocycles. The molecular weight excluding hydrogens is 200 g/mol. The number of hydrogen-bond donors (Lipinski definition) is 1. The molecule has 0 spiro atoms. The van der Waals surface area contributed by atoms with Crippen LogP contribution in [0.5, 0.6) is 0 Å². The van der Waals surface area contributed by atoms with E-state index in [-0.39, 0.29) is 4.90 Å². The summed E-state index contributed by atoms with van der Waals surface area (Å²) in [5.41, 5.74) is 1.06. The summed E-state index contributed by atoms with van der Waals surface area (Å²) in [6, 6.07) is 6.67. The highest BCUT2D eigenvalue weighted by Gasteiger charge is 2.15. The third kappa shape index (κ3) is 1.73. The Bertz CT molecular complexity index is 421. The van der Waals surface area contributed by atoms with E-state index in [2.05, 4.69) is 4.90 Å². The zero-order valence-electron chi connectivity index (χ0n) is 7.68. The number of nitrogens with zero attached hydrogens (tertiary/aromatic N) is 1. The van der Waals surface area contributed by atoms with Crippen LogP contribution < -0.4 is 10.0 Å². The van der Waals surface area contributed by atoms with Crippen LogP contribution in [-0.4, -0.2) is 21.5 Å². The van der Waals surface area contributed by atoms with Crippen LogP contribution in [0.1, 0.15) is 6.42 Å². The molecule has 0 saturated carbocycles. The lowest BCUT2D eigenvalue weighted by molar-refractivity contribution is 0.597. The van der Waals surface area contributed by atoms with Gasteiger partial charge >= 0.3 is 0 Å². The number of hydrogen-bond acceptors (Lipinski definition) is 3. The van der Waals surface area contributed by atoms with Gasteiger partial charge in [0.05, 0.1) is 4.90 Å². The Labute approximate surface area is 83.4 Å². The van der Waals surface area contributed by atoms with Crippen LogP contribution in [0.15, 0.2) is 29.2 Å². The molecule has 1 saturated heterocycles. The van der Waals surface area contributed by atoms with E-state index in [1.807, 2.05) is 0 Å². The number of primary sulfonamides is 1. The number of nitrogens with two attached hydrogens (primary N) is 1. The van der Waals surface area contributed by atoms with Gasteiger partial charge in [0.15, 0.2) is 0 Å². The van der Waals surface area contributed by atoms with E-state index in [1.165, 1.54) is 6.42 Å². The summed E-state index contributed by atoms with van der Waals surface area (Å²) in [4.78, 5) is 2.36. The molecule has 4 nitrogen and oxygen atoms in total. The molecular formula is C9H12N2O2S. The van der Waals surface area contributed by atoms with E-state index in [0.717, 1.165) is 18.8 Å². The average Bonchev–Trinajstić information content (AvgIpc) is 2.00. The predicted molar refractivity (Wildman–Crippen MR) is 54.6 cm³/mol. The fourth-order valence-electron chi connectivity index (χ4n) is 1.42. The summed E-state index contributed by atoms with van der Waals surface area (Å²) in [5.74, 6) is 0. The fraction of sp³-hybridized carbons (Fsp3) is 0.333. The van der Waals surface area contributed by atoms with E-state index in [1.54, 1.807) is 24.3 Å². The highest BCUT2D eigenvalue weighted by molar-refractivity contribution is 7.89. The van der Waals surface area contributed by atoms with E-state index < -0.39 is 10.0 Å². The summed E-state index contributed by atoms with van der Waals surface area (Å²) in [6.45, 7) is 2.10. The van der Waals surface area contributed by atoms with Gasteiger partial charge in [-0.05, 0) is 30.7 Å². The van der Waals surface area contributed by atoms with Crippen LogP contribution in [0.3, 0.4) is 0 Å². The molecule has 1 aromatic carbocycles. The smallest absolute Gasteiger partial charge is 0.238 e. The normalized spacial score (nSPS) is 16.5. The van der Waals surface area contributed by atoms with Gasteiger partial charge in [-0.3, -0.25) is 0 Å². The predicted octanol–water partition coefficient (Wildman–Crippen LogP) is 0.544. The summed E-state index contributed by atoms with van der Waals surface area (Å²) >= 11 is 0. The molecule has 0 bridgehead atoms. The Balaban J connectivity index is 2.26. The van der Waals surface area contributed by atoms with Crippen molar-refractivity contribution in [3.63, 3.8) is 0 Å². The number of benzene rings is 1. The lowest BCUT2D eigenvalue weighted by atomic mass is 10.2. The zero-order chi connectivity index (χ0) is 10.2. The van der Waals surface area contributed by atoms with Gasteiger partial charge in [0.1, 0.15) is 0 Å². The Morgan fingerprint density at radius 3 is 2.07 bits per heavy atom. The first kappa shape index (κ1) is 9.48. The minimum atomic E-state index is -3.55. The third-order valence-corrected chi connectivity index (χ3v) is 3.32. The number of sulfonamides is 1. The molecule has 1 aromatic rings. The molecule has 0 unspecified atom stereocenters. The van der Waals surface area contributed by atoms with Gasteiger partial charge in [0, 0.05) is 18.8 Å². The van der Waals surface area contributed by atoms with Gasteiger partial charge in [-0.1, -0.05) is 0 Å². The van der Waals surface area contributed by atoms with E-state index in [0.29, 0.717) is 0 Å². The molecule has 0 radical (unpaired) electrons. The Morgan fingerprint density at radius 1 is 1.14 bits per heavy atom. The van der Waals surface area contributed by atoms with Crippen LogP contribution in [0, 0.1) is 0 Å². The van der Waals surface area contributed by atoms with Crippen molar-refractivity contribution < 1.29 is 8.42 Å². The van der Waals surface area contributed by atoms with Crippen molar-refractivity contribution >= 4 is 15.7 Å². The van der Waals surface area contributed by atoms with E-state index >= 15 is 0 Å². The lowest BCUT2D eigenvalue weighted by Crippen LogP contribution is -2.36. The van der Waals surface area contributed by atoms with Gasteiger partial charge in [-0.25, -0.2) is 13.6 Å². The van der Waals surface area contributed by atoms with Crippen LogP contribution in [0.2, 0.25) is 0 Å². The Morgan fingerprint density at radius 2 is 1.71 bits per heavy atom. The first-order chi connectivity index (χ1) is 6.57. The second-order valence-electron chi connectivity index (χ2n) is 3.38. The van der Waals surface area contributed by atoms with Gasteiger partial charge < -0.3 is 4.90 Å². The van der Waals surface area contributed by atoms with Crippen molar-refractivity contribution in [3.05, 3.63) is 24.3 Å². The van der Waals surface area contributed by atoms with Crippen LogP contribution in [0.4, 0.5) is 5.69 Å². The van der Waals surface area contributed by atoms with Crippen LogP contribution >= 0.6 is 0 Å². The van der Waals surface area contributed by atoms with Gasteiger partial charge in [-0.15, -0.1) is 0 Å². The molecule has 1 fully saturated rings. The highest BCUT2D eigenvalue weighted by Crippen LogP contribution is 2.21. The average molecular weight is 212 g/mol. The molecule has 1 heterocycles. The minimum absolute atomic E-state index is 0.168. The van der Waals surface area contributed by atoms with Crippen molar-refractivity contribution in [2.24, 2.45) is 5.14 Å². The van der Waals surface area contributed by atoms with Crippen LogP contribution in [0.25, 0.3) is 0 Å². The SMILES string of the molecule is NS(=O)(=O)c1ccc(N2CCC2)cc1. The Hall–Kier alpha value is -1.07. The summed E-state index contributed by atoms with van der Waals surface area (Å²) in [6.07, 6.45) is 1.21. The van der Waals surface area contributed by atoms with Crippen molar-refractivity contribution in [2.75, 3.05) is 18.0 Å². The maximum Gasteiger partial charge on any atom is 0.238 e. The Kier molecular flexibility index (Phi) is 2.20. The van der Waals surface area contributed by atoms with Crippen LogP contribution in [-0.2, 0) is 10.0 Å². The monoisotopic (exact) mass is 212 g/mol. The lowest BCUT2D eigenvalue weighted by Gasteiger charge is -2.33. The fourth-order valence-corrected chi connectivity index (χ4v) is 1.94. The quantitative estimate of drug-likeness (QED) is 0.778.